The van der Waals surface area contributed by atoms with Gasteiger partial charge >= 0.3 is 5.69 Å². The average molecular weight is 268 g/mol. The van der Waals surface area contributed by atoms with E-state index in [1.165, 1.54) is 12.1 Å². The quantitative estimate of drug-likeness (QED) is 0.684. The lowest BCUT2D eigenvalue weighted by Crippen LogP contribution is -2.02. The molecule has 2 rings (SSSR count). The highest BCUT2D eigenvalue weighted by Crippen LogP contribution is 2.31. The minimum atomic E-state index is -1.23. The minimum Gasteiger partial charge on any atom is -0.459 e. The summed E-state index contributed by atoms with van der Waals surface area (Å²) >= 11 is 0. The monoisotopic (exact) mass is 268 g/mol. The first kappa shape index (κ1) is 13.2. The van der Waals surface area contributed by atoms with Crippen molar-refractivity contribution in [1.29, 1.82) is 0 Å². The number of nitro benzene ring substituents is 1. The Bertz CT molecular complexity index is 638. The average Bonchev–Trinajstić information content (AvgIpc) is 2.77. The Labute approximate surface area is 106 Å². The summed E-state index contributed by atoms with van der Waals surface area (Å²) in [6.07, 6.45) is 0. The summed E-state index contributed by atoms with van der Waals surface area (Å²) in [5, 5.41) is 10.6. The van der Waals surface area contributed by atoms with Crippen molar-refractivity contribution in [2.45, 2.75) is 13.0 Å². The lowest BCUT2D eigenvalue weighted by molar-refractivity contribution is -0.387. The third kappa shape index (κ3) is 2.45. The Balaban J connectivity index is 2.54. The molecule has 0 amide bonds. The lowest BCUT2D eigenvalue weighted by Gasteiger charge is -2.02. The fraction of sp³-hybridized carbons (Fsp3) is 0.167. The zero-order chi connectivity index (χ0) is 14.2. The molecule has 1 aromatic carbocycles. The molecule has 2 aromatic rings. The number of nitro groups is 1. The van der Waals surface area contributed by atoms with Crippen LogP contribution in [0.4, 0.5) is 14.5 Å². The second kappa shape index (κ2) is 4.77. The second-order valence-electron chi connectivity index (χ2n) is 4.03. The molecule has 0 saturated heterocycles. The van der Waals surface area contributed by atoms with Crippen LogP contribution in [0.5, 0.6) is 0 Å². The van der Waals surface area contributed by atoms with E-state index in [0.29, 0.717) is 11.8 Å². The van der Waals surface area contributed by atoms with E-state index in [9.17, 15) is 18.9 Å². The smallest absolute Gasteiger partial charge is 0.305 e. The normalized spacial score (nSPS) is 12.4. The van der Waals surface area contributed by atoms with Gasteiger partial charge in [-0.25, -0.2) is 4.39 Å². The predicted molar refractivity (Wildman–Crippen MR) is 63.3 cm³/mol. The van der Waals surface area contributed by atoms with Crippen LogP contribution >= 0.6 is 0 Å². The van der Waals surface area contributed by atoms with E-state index in [0.717, 1.165) is 6.07 Å². The predicted octanol–water partition coefficient (Wildman–Crippen LogP) is 3.15. The summed E-state index contributed by atoms with van der Waals surface area (Å²) in [4.78, 5) is 9.70. The molecule has 1 aromatic heterocycles. The highest BCUT2D eigenvalue weighted by molar-refractivity contribution is 5.62. The Morgan fingerprint density at radius 2 is 2.00 bits per heavy atom. The topological polar surface area (TPSA) is 82.3 Å². The molecular weight excluding hydrogens is 258 g/mol. The summed E-state index contributed by atoms with van der Waals surface area (Å²) in [7, 11) is 0. The fourth-order valence-electron chi connectivity index (χ4n) is 1.61. The standard InChI is InChI=1S/C12H10F2N2O3/c1-6(15)11-2-3-12(19-11)7-4-10(16(17)18)9(14)5-8(7)13/h2-6H,15H2,1H3. The van der Waals surface area contributed by atoms with E-state index in [2.05, 4.69) is 0 Å². The maximum Gasteiger partial charge on any atom is 0.305 e. The molecule has 0 aliphatic rings. The first-order chi connectivity index (χ1) is 8.90. The van der Waals surface area contributed by atoms with Crippen molar-refractivity contribution in [2.75, 3.05) is 0 Å². The molecule has 0 bridgehead atoms. The van der Waals surface area contributed by atoms with Gasteiger partial charge in [-0.1, -0.05) is 0 Å². The molecule has 0 aliphatic heterocycles. The zero-order valence-electron chi connectivity index (χ0n) is 9.89. The minimum absolute atomic E-state index is 0.0629. The van der Waals surface area contributed by atoms with Crippen molar-refractivity contribution >= 4 is 5.69 Å². The second-order valence-corrected chi connectivity index (χ2v) is 4.03. The molecule has 0 saturated carbocycles. The number of hydrogen-bond acceptors (Lipinski definition) is 4. The molecule has 7 heteroatoms. The fourth-order valence-corrected chi connectivity index (χ4v) is 1.61. The first-order valence-electron chi connectivity index (χ1n) is 5.39. The summed E-state index contributed by atoms with van der Waals surface area (Å²) in [6.45, 7) is 1.67. The van der Waals surface area contributed by atoms with Crippen LogP contribution in [0, 0.1) is 21.7 Å². The summed E-state index contributed by atoms with van der Waals surface area (Å²) in [5.74, 6) is -1.70. The van der Waals surface area contributed by atoms with Gasteiger partial charge in [0, 0.05) is 12.1 Å². The Hall–Kier alpha value is -2.28. The Morgan fingerprint density at radius 1 is 1.32 bits per heavy atom. The van der Waals surface area contributed by atoms with Crippen LogP contribution in [0.2, 0.25) is 0 Å². The van der Waals surface area contributed by atoms with Crippen LogP contribution in [0.25, 0.3) is 11.3 Å². The molecular formula is C12H10F2N2O3. The molecule has 19 heavy (non-hydrogen) atoms. The zero-order valence-corrected chi connectivity index (χ0v) is 9.89. The molecule has 0 fully saturated rings. The van der Waals surface area contributed by atoms with E-state index < -0.39 is 28.3 Å². The largest absolute Gasteiger partial charge is 0.459 e. The highest BCUT2D eigenvalue weighted by Gasteiger charge is 2.21. The number of benzene rings is 1. The van der Waals surface area contributed by atoms with Gasteiger partial charge in [-0.15, -0.1) is 0 Å². The molecule has 1 heterocycles. The molecule has 5 nitrogen and oxygen atoms in total. The van der Waals surface area contributed by atoms with Gasteiger partial charge in [0.15, 0.2) is 0 Å². The molecule has 0 aliphatic carbocycles. The summed E-state index contributed by atoms with van der Waals surface area (Å²) in [6, 6.07) is 3.83. The number of halogens is 2. The number of hydrogen-bond donors (Lipinski definition) is 1. The third-order valence-corrected chi connectivity index (χ3v) is 2.57. The van der Waals surface area contributed by atoms with E-state index in [-0.39, 0.29) is 11.3 Å². The lowest BCUT2D eigenvalue weighted by atomic mass is 10.1. The maximum atomic E-state index is 13.6. The Kier molecular flexibility index (Phi) is 3.30. The van der Waals surface area contributed by atoms with Crippen LogP contribution in [-0.2, 0) is 0 Å². The van der Waals surface area contributed by atoms with Crippen LogP contribution in [-0.4, -0.2) is 4.92 Å². The van der Waals surface area contributed by atoms with Crippen LogP contribution in [0.15, 0.2) is 28.7 Å². The van der Waals surface area contributed by atoms with Gasteiger partial charge in [0.1, 0.15) is 17.3 Å². The highest BCUT2D eigenvalue weighted by atomic mass is 19.1. The molecule has 100 valence electrons. The van der Waals surface area contributed by atoms with Gasteiger partial charge in [0.05, 0.1) is 16.5 Å². The molecule has 2 N–H and O–H groups in total. The van der Waals surface area contributed by atoms with Gasteiger partial charge in [-0.3, -0.25) is 10.1 Å². The van der Waals surface area contributed by atoms with Gasteiger partial charge in [-0.05, 0) is 19.1 Å². The summed E-state index contributed by atoms with van der Waals surface area (Å²) in [5.41, 5.74) is 4.60. The van der Waals surface area contributed by atoms with Crippen LogP contribution in [0.3, 0.4) is 0 Å². The van der Waals surface area contributed by atoms with Crippen molar-refractivity contribution in [3.05, 3.63) is 51.8 Å². The van der Waals surface area contributed by atoms with Crippen molar-refractivity contribution in [3.63, 3.8) is 0 Å². The van der Waals surface area contributed by atoms with Gasteiger partial charge in [-0.2, -0.15) is 4.39 Å². The van der Waals surface area contributed by atoms with Gasteiger partial charge < -0.3 is 10.2 Å². The number of nitrogens with two attached hydrogens (primary N) is 1. The molecule has 1 atom stereocenters. The van der Waals surface area contributed by atoms with Crippen molar-refractivity contribution in [3.8, 4) is 11.3 Å². The van der Waals surface area contributed by atoms with Crippen molar-refractivity contribution in [2.24, 2.45) is 5.73 Å². The van der Waals surface area contributed by atoms with Crippen molar-refractivity contribution in [1.82, 2.24) is 0 Å². The number of nitrogens with zero attached hydrogens (tertiary/aromatic N) is 1. The van der Waals surface area contributed by atoms with E-state index in [4.69, 9.17) is 10.2 Å². The molecule has 0 spiro atoms. The van der Waals surface area contributed by atoms with Crippen LogP contribution in [0.1, 0.15) is 18.7 Å². The third-order valence-electron chi connectivity index (χ3n) is 2.57. The Morgan fingerprint density at radius 3 is 2.53 bits per heavy atom. The maximum absolute atomic E-state index is 13.6. The number of rotatable bonds is 3. The van der Waals surface area contributed by atoms with Crippen molar-refractivity contribution < 1.29 is 18.1 Å². The SMILES string of the molecule is CC(N)c1ccc(-c2cc([N+](=O)[O-])c(F)cc2F)o1. The van der Waals surface area contributed by atoms with E-state index >= 15 is 0 Å². The van der Waals surface area contributed by atoms with Gasteiger partial charge in [0.25, 0.3) is 0 Å². The van der Waals surface area contributed by atoms with E-state index in [1.54, 1.807) is 6.92 Å². The van der Waals surface area contributed by atoms with Crippen LogP contribution < -0.4 is 5.73 Å². The van der Waals surface area contributed by atoms with Gasteiger partial charge in [0.2, 0.25) is 5.82 Å². The molecule has 1 unspecified atom stereocenters. The van der Waals surface area contributed by atoms with E-state index in [1.807, 2.05) is 0 Å². The first-order valence-corrected chi connectivity index (χ1v) is 5.39. The molecule has 0 radical (unpaired) electrons. The number of furan rings is 1. The summed E-state index contributed by atoms with van der Waals surface area (Å²) < 4.78 is 32.1.